The minimum atomic E-state index is -0.791. The predicted octanol–water partition coefficient (Wildman–Crippen LogP) is 3.02. The molecule has 2 rings (SSSR count). The fraction of sp³-hybridized carbons (Fsp3) is 0.429. The number of aliphatic carboxylic acids is 1. The molecule has 0 aliphatic heterocycles. The average Bonchev–Trinajstić information content (AvgIpc) is 2.83. The van der Waals surface area contributed by atoms with Crippen LogP contribution < -0.4 is 10.6 Å². The SMILES string of the molecule is Cc1c(Cl)cccc1NC(=O)N[C@H]1CC[C@@H](C(=O)O)C1. The van der Waals surface area contributed by atoms with Crippen LogP contribution in [0.25, 0.3) is 0 Å². The number of hydrogen-bond acceptors (Lipinski definition) is 2. The Hall–Kier alpha value is -1.75. The molecule has 5 nitrogen and oxygen atoms in total. The third kappa shape index (κ3) is 3.42. The maximum Gasteiger partial charge on any atom is 0.319 e. The second kappa shape index (κ2) is 6.13. The Morgan fingerprint density at radius 1 is 1.35 bits per heavy atom. The van der Waals surface area contributed by atoms with Crippen LogP contribution in [0, 0.1) is 12.8 Å². The lowest BCUT2D eigenvalue weighted by atomic mass is 10.1. The molecule has 3 N–H and O–H groups in total. The van der Waals surface area contributed by atoms with Gasteiger partial charge in [-0.1, -0.05) is 17.7 Å². The van der Waals surface area contributed by atoms with Crippen molar-refractivity contribution in [3.05, 3.63) is 28.8 Å². The molecule has 20 heavy (non-hydrogen) atoms. The summed E-state index contributed by atoms with van der Waals surface area (Å²) in [6.45, 7) is 1.83. The minimum Gasteiger partial charge on any atom is -0.481 e. The van der Waals surface area contributed by atoms with Crippen molar-refractivity contribution in [3.63, 3.8) is 0 Å². The number of benzene rings is 1. The summed E-state index contributed by atoms with van der Waals surface area (Å²) in [7, 11) is 0. The number of urea groups is 1. The molecule has 1 aromatic rings. The van der Waals surface area contributed by atoms with Gasteiger partial charge in [-0.15, -0.1) is 0 Å². The van der Waals surface area contributed by atoms with Crippen molar-refractivity contribution in [1.29, 1.82) is 0 Å². The first-order chi connectivity index (χ1) is 9.47. The molecule has 0 radical (unpaired) electrons. The maximum atomic E-state index is 11.9. The highest BCUT2D eigenvalue weighted by atomic mass is 35.5. The number of anilines is 1. The number of carboxylic acids is 1. The molecule has 2 amide bonds. The summed E-state index contributed by atoms with van der Waals surface area (Å²) in [6, 6.07) is 4.88. The van der Waals surface area contributed by atoms with Crippen molar-refractivity contribution in [3.8, 4) is 0 Å². The van der Waals surface area contributed by atoms with Gasteiger partial charge in [0.25, 0.3) is 0 Å². The Bertz CT molecular complexity index is 533. The van der Waals surface area contributed by atoms with Crippen LogP contribution >= 0.6 is 11.6 Å². The largest absolute Gasteiger partial charge is 0.481 e. The first-order valence-electron chi connectivity index (χ1n) is 6.53. The summed E-state index contributed by atoms with van der Waals surface area (Å²) in [5, 5.41) is 15.1. The van der Waals surface area contributed by atoms with Gasteiger partial charge in [0, 0.05) is 16.8 Å². The van der Waals surface area contributed by atoms with E-state index in [1.54, 1.807) is 18.2 Å². The zero-order valence-electron chi connectivity index (χ0n) is 11.1. The molecule has 6 heteroatoms. The van der Waals surface area contributed by atoms with Crippen molar-refractivity contribution in [2.75, 3.05) is 5.32 Å². The number of carbonyl (C=O) groups excluding carboxylic acids is 1. The van der Waals surface area contributed by atoms with Crippen LogP contribution in [0.15, 0.2) is 18.2 Å². The number of carboxylic acid groups (broad SMARTS) is 1. The highest BCUT2D eigenvalue weighted by Crippen LogP contribution is 2.26. The third-order valence-corrected chi connectivity index (χ3v) is 4.04. The van der Waals surface area contributed by atoms with Gasteiger partial charge in [-0.2, -0.15) is 0 Å². The summed E-state index contributed by atoms with van der Waals surface area (Å²) in [5.41, 5.74) is 1.46. The molecule has 0 aromatic heterocycles. The topological polar surface area (TPSA) is 78.4 Å². The van der Waals surface area contributed by atoms with E-state index in [-0.39, 0.29) is 18.0 Å². The molecule has 1 fully saturated rings. The van der Waals surface area contributed by atoms with Gasteiger partial charge >= 0.3 is 12.0 Å². The van der Waals surface area contributed by atoms with Crippen molar-refractivity contribution in [2.45, 2.75) is 32.2 Å². The van der Waals surface area contributed by atoms with E-state index in [0.717, 1.165) is 5.56 Å². The number of amides is 2. The first kappa shape index (κ1) is 14.7. The van der Waals surface area contributed by atoms with Crippen LogP contribution in [-0.2, 0) is 4.79 Å². The zero-order valence-corrected chi connectivity index (χ0v) is 11.9. The standard InChI is InChI=1S/C14H17ClN2O3/c1-8-11(15)3-2-4-12(8)17-14(20)16-10-6-5-9(7-10)13(18)19/h2-4,9-10H,5-7H2,1H3,(H,18,19)(H2,16,17,20)/t9-,10+/m1/s1. The molecule has 0 spiro atoms. The molecule has 1 saturated carbocycles. The number of rotatable bonds is 3. The van der Waals surface area contributed by atoms with E-state index in [2.05, 4.69) is 10.6 Å². The van der Waals surface area contributed by atoms with Crippen LogP contribution in [0.4, 0.5) is 10.5 Å². The van der Waals surface area contributed by atoms with Crippen molar-refractivity contribution in [1.82, 2.24) is 5.32 Å². The molecule has 0 unspecified atom stereocenters. The molecular formula is C14H17ClN2O3. The van der Waals surface area contributed by atoms with Gasteiger partial charge in [0.2, 0.25) is 0 Å². The number of halogens is 1. The van der Waals surface area contributed by atoms with E-state index in [9.17, 15) is 9.59 Å². The maximum absolute atomic E-state index is 11.9. The minimum absolute atomic E-state index is 0.0874. The normalized spacial score (nSPS) is 21.5. The lowest BCUT2D eigenvalue weighted by Crippen LogP contribution is -2.36. The van der Waals surface area contributed by atoms with Gasteiger partial charge in [-0.25, -0.2) is 4.79 Å². The Kier molecular flexibility index (Phi) is 4.49. The number of carbonyl (C=O) groups is 2. The average molecular weight is 297 g/mol. The van der Waals surface area contributed by atoms with Crippen LogP contribution in [0.2, 0.25) is 5.02 Å². The van der Waals surface area contributed by atoms with Crippen LogP contribution in [-0.4, -0.2) is 23.1 Å². The van der Waals surface area contributed by atoms with E-state index in [1.807, 2.05) is 6.92 Å². The van der Waals surface area contributed by atoms with Crippen LogP contribution in [0.5, 0.6) is 0 Å². The Labute approximate surface area is 122 Å². The van der Waals surface area contributed by atoms with Crippen molar-refractivity contribution in [2.24, 2.45) is 5.92 Å². The fourth-order valence-electron chi connectivity index (χ4n) is 2.42. The quantitative estimate of drug-likeness (QED) is 0.802. The Morgan fingerprint density at radius 3 is 2.75 bits per heavy atom. The Balaban J connectivity index is 1.90. The molecule has 108 valence electrons. The predicted molar refractivity (Wildman–Crippen MR) is 77.1 cm³/mol. The first-order valence-corrected chi connectivity index (χ1v) is 6.90. The fourth-order valence-corrected chi connectivity index (χ4v) is 2.60. The summed E-state index contributed by atoms with van der Waals surface area (Å²) < 4.78 is 0. The van der Waals surface area contributed by atoms with Crippen LogP contribution in [0.3, 0.4) is 0 Å². The van der Waals surface area contributed by atoms with Crippen LogP contribution in [0.1, 0.15) is 24.8 Å². The highest BCUT2D eigenvalue weighted by molar-refractivity contribution is 6.31. The lowest BCUT2D eigenvalue weighted by molar-refractivity contribution is -0.141. The molecule has 1 aliphatic rings. The van der Waals surface area contributed by atoms with Crippen molar-refractivity contribution >= 4 is 29.3 Å². The van der Waals surface area contributed by atoms with E-state index in [4.69, 9.17) is 16.7 Å². The monoisotopic (exact) mass is 296 g/mol. The molecule has 0 heterocycles. The van der Waals surface area contributed by atoms with Crippen molar-refractivity contribution < 1.29 is 14.7 Å². The molecular weight excluding hydrogens is 280 g/mol. The highest BCUT2D eigenvalue weighted by Gasteiger charge is 2.30. The molecule has 0 bridgehead atoms. The third-order valence-electron chi connectivity index (χ3n) is 3.63. The van der Waals surface area contributed by atoms with E-state index in [0.29, 0.717) is 30.0 Å². The number of nitrogens with one attached hydrogen (secondary N) is 2. The van der Waals surface area contributed by atoms with Gasteiger partial charge in [-0.05, 0) is 43.9 Å². The summed E-state index contributed by atoms with van der Waals surface area (Å²) in [4.78, 5) is 22.8. The summed E-state index contributed by atoms with van der Waals surface area (Å²) in [6.07, 6.45) is 1.78. The van der Waals surface area contributed by atoms with Gasteiger partial charge in [0.15, 0.2) is 0 Å². The molecule has 1 aliphatic carbocycles. The van der Waals surface area contributed by atoms with E-state index in [1.165, 1.54) is 0 Å². The molecule has 2 atom stereocenters. The van der Waals surface area contributed by atoms with E-state index < -0.39 is 5.97 Å². The van der Waals surface area contributed by atoms with Gasteiger partial charge < -0.3 is 15.7 Å². The summed E-state index contributed by atoms with van der Waals surface area (Å²) in [5.74, 6) is -1.14. The molecule has 1 aromatic carbocycles. The van der Waals surface area contributed by atoms with Gasteiger partial charge in [0.1, 0.15) is 0 Å². The smallest absolute Gasteiger partial charge is 0.319 e. The van der Waals surface area contributed by atoms with Gasteiger partial charge in [0.05, 0.1) is 5.92 Å². The lowest BCUT2D eigenvalue weighted by Gasteiger charge is -2.15. The van der Waals surface area contributed by atoms with E-state index >= 15 is 0 Å². The zero-order chi connectivity index (χ0) is 14.7. The second-order valence-corrected chi connectivity index (χ2v) is 5.46. The van der Waals surface area contributed by atoms with Gasteiger partial charge in [-0.3, -0.25) is 4.79 Å². The second-order valence-electron chi connectivity index (χ2n) is 5.06. The molecule has 0 saturated heterocycles. The Morgan fingerprint density at radius 2 is 2.10 bits per heavy atom. The summed E-state index contributed by atoms with van der Waals surface area (Å²) >= 11 is 5.98. The number of hydrogen-bond donors (Lipinski definition) is 3.